The highest BCUT2D eigenvalue weighted by Crippen LogP contribution is 2.23. The quantitative estimate of drug-likeness (QED) is 0.860. The number of pyridine rings is 1. The second-order valence-electron chi connectivity index (χ2n) is 4.40. The summed E-state index contributed by atoms with van der Waals surface area (Å²) in [6.07, 6.45) is 5.51. The van der Waals surface area contributed by atoms with Gasteiger partial charge < -0.3 is 10.2 Å². The van der Waals surface area contributed by atoms with E-state index in [0.29, 0.717) is 0 Å². The zero-order chi connectivity index (χ0) is 12.3. The maximum Gasteiger partial charge on any atom is 0.244 e. The van der Waals surface area contributed by atoms with E-state index in [9.17, 15) is 4.79 Å². The Morgan fingerprint density at radius 1 is 1.59 bits per heavy atom. The number of carbonyl (C=O) groups is 1. The van der Waals surface area contributed by atoms with Gasteiger partial charge in [0.05, 0.1) is 17.9 Å². The number of piperidine rings is 1. The number of likely N-dealkylation sites (N-methyl/N-ethyl adjacent to an activating group) is 1. The number of aromatic nitrogens is 1. The van der Waals surface area contributed by atoms with Crippen LogP contribution in [0.4, 0.5) is 5.69 Å². The molecule has 92 valence electrons. The molecule has 1 atom stereocenters. The van der Waals surface area contributed by atoms with Crippen LogP contribution in [0.25, 0.3) is 0 Å². The number of nitrogens with zero attached hydrogens (tertiary/aromatic N) is 2. The molecule has 4 nitrogen and oxygen atoms in total. The van der Waals surface area contributed by atoms with Crippen molar-refractivity contribution in [3.05, 3.63) is 24.0 Å². The number of anilines is 1. The van der Waals surface area contributed by atoms with Gasteiger partial charge in [-0.25, -0.2) is 0 Å². The van der Waals surface area contributed by atoms with Gasteiger partial charge in [-0.15, -0.1) is 0 Å². The van der Waals surface area contributed by atoms with Gasteiger partial charge in [-0.1, -0.05) is 6.92 Å². The number of rotatable bonds is 3. The fraction of sp³-hybridized carbons (Fsp3) is 0.538. The molecule has 1 aliphatic rings. The Kier molecular flexibility index (Phi) is 3.74. The summed E-state index contributed by atoms with van der Waals surface area (Å²) in [6, 6.07) is 1.91. The largest absolute Gasteiger partial charge is 0.309 e. The van der Waals surface area contributed by atoms with Gasteiger partial charge in [0.2, 0.25) is 5.91 Å². The fourth-order valence-corrected chi connectivity index (χ4v) is 2.29. The first-order chi connectivity index (χ1) is 8.24. The molecule has 0 radical (unpaired) electrons. The number of nitrogens with one attached hydrogen (secondary N) is 1. The molecule has 0 aliphatic carbocycles. The first-order valence-corrected chi connectivity index (χ1v) is 6.19. The van der Waals surface area contributed by atoms with Crippen molar-refractivity contribution in [3.63, 3.8) is 0 Å². The van der Waals surface area contributed by atoms with Gasteiger partial charge in [-0.2, -0.15) is 0 Å². The predicted octanol–water partition coefficient (Wildman–Crippen LogP) is 1.49. The van der Waals surface area contributed by atoms with Crippen LogP contribution in [0.15, 0.2) is 18.5 Å². The van der Waals surface area contributed by atoms with Crippen molar-refractivity contribution < 1.29 is 4.79 Å². The number of hydrogen-bond donors (Lipinski definition) is 1. The van der Waals surface area contributed by atoms with Crippen LogP contribution in [0.3, 0.4) is 0 Å². The third-order valence-corrected chi connectivity index (χ3v) is 3.19. The molecule has 0 aromatic carbocycles. The summed E-state index contributed by atoms with van der Waals surface area (Å²) in [5.74, 6) is 0.175. The van der Waals surface area contributed by atoms with Gasteiger partial charge in [0.15, 0.2) is 0 Å². The Balaban J connectivity index is 2.21. The molecule has 0 spiro atoms. The van der Waals surface area contributed by atoms with Crippen LogP contribution < -0.4 is 10.2 Å². The minimum atomic E-state index is -0.0339. The van der Waals surface area contributed by atoms with Crippen molar-refractivity contribution in [1.29, 1.82) is 0 Å². The second-order valence-corrected chi connectivity index (χ2v) is 4.40. The van der Waals surface area contributed by atoms with Crippen LogP contribution in [-0.4, -0.2) is 30.0 Å². The van der Waals surface area contributed by atoms with Gasteiger partial charge >= 0.3 is 0 Å². The molecule has 1 aromatic rings. The van der Waals surface area contributed by atoms with E-state index in [0.717, 1.165) is 37.2 Å². The van der Waals surface area contributed by atoms with Crippen LogP contribution in [0.5, 0.6) is 0 Å². The van der Waals surface area contributed by atoms with E-state index in [1.54, 1.807) is 12.4 Å². The molecule has 1 aromatic heterocycles. The Morgan fingerprint density at radius 2 is 2.41 bits per heavy atom. The van der Waals surface area contributed by atoms with E-state index < -0.39 is 0 Å². The third kappa shape index (κ3) is 2.47. The normalized spacial score (nSPS) is 20.7. The number of carbonyl (C=O) groups excluding carboxylic acids is 1. The molecule has 2 rings (SSSR count). The molecular weight excluding hydrogens is 214 g/mol. The first-order valence-electron chi connectivity index (χ1n) is 6.19. The molecular formula is C13H19N3O. The average Bonchev–Trinajstić information content (AvgIpc) is 2.33. The molecule has 1 saturated heterocycles. The van der Waals surface area contributed by atoms with Gasteiger partial charge in [0.1, 0.15) is 0 Å². The SMILES string of the molecule is CCNC1CCCN(c2cnccc2C)C1=O. The standard InChI is InChI=1S/C13H19N3O/c1-3-15-11-5-4-8-16(13(11)17)12-9-14-7-6-10(12)2/h6-7,9,11,15H,3-5,8H2,1-2H3. The highest BCUT2D eigenvalue weighted by Gasteiger charge is 2.29. The van der Waals surface area contributed by atoms with E-state index in [1.165, 1.54) is 0 Å². The fourth-order valence-electron chi connectivity index (χ4n) is 2.29. The lowest BCUT2D eigenvalue weighted by molar-refractivity contribution is -0.121. The summed E-state index contributed by atoms with van der Waals surface area (Å²) >= 11 is 0. The molecule has 1 aliphatic heterocycles. The van der Waals surface area contributed by atoms with Gasteiger partial charge in [-0.3, -0.25) is 9.78 Å². The molecule has 1 amide bonds. The molecule has 1 N–H and O–H groups in total. The van der Waals surface area contributed by atoms with E-state index in [2.05, 4.69) is 10.3 Å². The van der Waals surface area contributed by atoms with Crippen molar-refractivity contribution >= 4 is 11.6 Å². The Morgan fingerprint density at radius 3 is 3.12 bits per heavy atom. The van der Waals surface area contributed by atoms with Crippen molar-refractivity contribution in [3.8, 4) is 0 Å². The maximum absolute atomic E-state index is 12.3. The molecule has 0 saturated carbocycles. The van der Waals surface area contributed by atoms with Crippen molar-refractivity contribution in [1.82, 2.24) is 10.3 Å². The second kappa shape index (κ2) is 5.27. The number of aryl methyl sites for hydroxylation is 1. The molecule has 17 heavy (non-hydrogen) atoms. The van der Waals surface area contributed by atoms with Crippen molar-refractivity contribution in [2.45, 2.75) is 32.7 Å². The third-order valence-electron chi connectivity index (χ3n) is 3.19. The Hall–Kier alpha value is -1.42. The van der Waals surface area contributed by atoms with E-state index >= 15 is 0 Å². The summed E-state index contributed by atoms with van der Waals surface area (Å²) in [4.78, 5) is 18.3. The summed E-state index contributed by atoms with van der Waals surface area (Å²) in [5.41, 5.74) is 2.05. The summed E-state index contributed by atoms with van der Waals surface area (Å²) in [5, 5.41) is 3.24. The monoisotopic (exact) mass is 233 g/mol. The maximum atomic E-state index is 12.3. The van der Waals surface area contributed by atoms with E-state index in [1.807, 2.05) is 24.8 Å². The number of hydrogen-bond acceptors (Lipinski definition) is 3. The van der Waals surface area contributed by atoms with Crippen LogP contribution in [0, 0.1) is 6.92 Å². The minimum Gasteiger partial charge on any atom is -0.309 e. The van der Waals surface area contributed by atoms with Crippen LogP contribution in [0.2, 0.25) is 0 Å². The minimum absolute atomic E-state index is 0.0339. The Bertz CT molecular complexity index is 403. The van der Waals surface area contributed by atoms with E-state index in [4.69, 9.17) is 0 Å². The molecule has 4 heteroatoms. The predicted molar refractivity (Wildman–Crippen MR) is 68.0 cm³/mol. The highest BCUT2D eigenvalue weighted by atomic mass is 16.2. The lowest BCUT2D eigenvalue weighted by atomic mass is 10.0. The van der Waals surface area contributed by atoms with Crippen molar-refractivity contribution in [2.24, 2.45) is 0 Å². The van der Waals surface area contributed by atoms with E-state index in [-0.39, 0.29) is 11.9 Å². The first kappa shape index (κ1) is 12.0. The summed E-state index contributed by atoms with van der Waals surface area (Å²) in [6.45, 7) is 5.67. The van der Waals surface area contributed by atoms with Crippen LogP contribution in [0.1, 0.15) is 25.3 Å². The molecule has 2 heterocycles. The zero-order valence-corrected chi connectivity index (χ0v) is 10.4. The molecule has 1 fully saturated rings. The summed E-state index contributed by atoms with van der Waals surface area (Å²) in [7, 11) is 0. The molecule has 0 bridgehead atoms. The lowest BCUT2D eigenvalue weighted by Gasteiger charge is -2.33. The topological polar surface area (TPSA) is 45.2 Å². The lowest BCUT2D eigenvalue weighted by Crippen LogP contribution is -2.51. The number of amides is 1. The zero-order valence-electron chi connectivity index (χ0n) is 10.4. The average molecular weight is 233 g/mol. The highest BCUT2D eigenvalue weighted by molar-refractivity contribution is 5.98. The van der Waals surface area contributed by atoms with Crippen LogP contribution in [-0.2, 0) is 4.79 Å². The smallest absolute Gasteiger partial charge is 0.244 e. The van der Waals surface area contributed by atoms with Crippen molar-refractivity contribution in [2.75, 3.05) is 18.0 Å². The Labute approximate surface area is 102 Å². The van der Waals surface area contributed by atoms with Gasteiger partial charge in [0.25, 0.3) is 0 Å². The van der Waals surface area contributed by atoms with Gasteiger partial charge in [-0.05, 0) is 37.9 Å². The van der Waals surface area contributed by atoms with Crippen LogP contribution >= 0.6 is 0 Å². The van der Waals surface area contributed by atoms with Gasteiger partial charge in [0, 0.05) is 12.7 Å². The summed E-state index contributed by atoms with van der Waals surface area (Å²) < 4.78 is 0. The molecule has 1 unspecified atom stereocenters.